The molecule has 4 saturated carbocycles. The highest BCUT2D eigenvalue weighted by Gasteiger charge is 2.51. The number of hydroxylamine groups is 2. The minimum Gasteiger partial charge on any atom is -0.497 e. The van der Waals surface area contributed by atoms with Gasteiger partial charge in [0.1, 0.15) is 11.4 Å². The lowest BCUT2D eigenvalue weighted by Gasteiger charge is -2.57. The van der Waals surface area contributed by atoms with E-state index in [2.05, 4.69) is 6.07 Å². The fourth-order valence-electron chi connectivity index (χ4n) is 6.94. The lowest BCUT2D eigenvalue weighted by molar-refractivity contribution is -0.113. The topological polar surface area (TPSA) is 65.1 Å². The Morgan fingerprint density at radius 3 is 2.11 bits per heavy atom. The van der Waals surface area contributed by atoms with E-state index in [0.717, 1.165) is 28.4 Å². The van der Waals surface area contributed by atoms with E-state index < -0.39 is 17.7 Å². The Morgan fingerprint density at radius 2 is 1.56 bits per heavy atom. The molecule has 4 bridgehead atoms. The fraction of sp³-hybridized carbons (Fsp3) is 0.533. The first-order valence-corrected chi connectivity index (χ1v) is 13.1. The molecule has 0 saturated heterocycles. The first-order chi connectivity index (χ1) is 17.1. The summed E-state index contributed by atoms with van der Waals surface area (Å²) in [5.74, 6) is 2.61. The van der Waals surface area contributed by atoms with Crippen LogP contribution < -0.4 is 4.74 Å². The lowest BCUT2D eigenvalue weighted by Crippen LogP contribution is -2.48. The Bertz CT molecular complexity index is 1080. The zero-order valence-corrected chi connectivity index (χ0v) is 21.8. The van der Waals surface area contributed by atoms with Gasteiger partial charge in [0.2, 0.25) is 0 Å². The number of methoxy groups -OCH3 is 1. The van der Waals surface area contributed by atoms with Gasteiger partial charge in [0.05, 0.1) is 19.2 Å². The van der Waals surface area contributed by atoms with E-state index in [4.69, 9.17) is 14.3 Å². The minimum absolute atomic E-state index is 0.0688. The summed E-state index contributed by atoms with van der Waals surface area (Å²) in [7, 11) is 1.60. The van der Waals surface area contributed by atoms with E-state index >= 15 is 0 Å². The maximum Gasteiger partial charge on any atom is 0.444 e. The molecule has 0 aliphatic heterocycles. The van der Waals surface area contributed by atoms with Crippen LogP contribution in [0, 0.1) is 17.8 Å². The maximum absolute atomic E-state index is 13.3. The fourth-order valence-corrected chi connectivity index (χ4v) is 6.94. The Kier molecular flexibility index (Phi) is 6.48. The molecular weight excluding hydrogens is 454 g/mol. The van der Waals surface area contributed by atoms with Crippen LogP contribution in [0.3, 0.4) is 0 Å². The van der Waals surface area contributed by atoms with Crippen molar-refractivity contribution in [1.82, 2.24) is 5.06 Å². The monoisotopic (exact) mass is 491 g/mol. The Hall–Kier alpha value is -3.02. The third-order valence-electron chi connectivity index (χ3n) is 8.02. The Labute approximate surface area is 213 Å². The largest absolute Gasteiger partial charge is 0.497 e. The molecule has 2 aromatic carbocycles. The van der Waals surface area contributed by atoms with Gasteiger partial charge in [-0.1, -0.05) is 24.3 Å². The van der Waals surface area contributed by atoms with Crippen molar-refractivity contribution in [3.8, 4) is 5.75 Å². The Morgan fingerprint density at radius 1 is 0.944 bits per heavy atom. The van der Waals surface area contributed by atoms with Crippen molar-refractivity contribution in [3.05, 3.63) is 65.2 Å². The summed E-state index contributed by atoms with van der Waals surface area (Å²) in [6.07, 6.45) is 7.08. The first-order valence-electron chi connectivity index (χ1n) is 13.1. The summed E-state index contributed by atoms with van der Waals surface area (Å²) < 4.78 is 10.7. The number of amides is 1. The molecule has 0 spiro atoms. The van der Waals surface area contributed by atoms with Gasteiger partial charge in [-0.15, -0.1) is 5.06 Å². The van der Waals surface area contributed by atoms with E-state index in [1.54, 1.807) is 46.1 Å². The van der Waals surface area contributed by atoms with E-state index in [0.29, 0.717) is 11.3 Å². The molecule has 1 amide bonds. The van der Waals surface area contributed by atoms with Crippen molar-refractivity contribution in [1.29, 1.82) is 0 Å². The first kappa shape index (κ1) is 24.7. The zero-order valence-electron chi connectivity index (χ0n) is 21.8. The molecule has 6 heteroatoms. The molecule has 0 radical (unpaired) electrons. The van der Waals surface area contributed by atoms with Gasteiger partial charge < -0.3 is 14.3 Å². The number of benzene rings is 2. The second-order valence-corrected chi connectivity index (χ2v) is 12.0. The highest BCUT2D eigenvalue weighted by molar-refractivity contribution is 5.90. The van der Waals surface area contributed by atoms with Crippen LogP contribution in [-0.2, 0) is 21.5 Å². The smallest absolute Gasteiger partial charge is 0.444 e. The molecule has 4 aliphatic rings. The molecule has 4 fully saturated rings. The summed E-state index contributed by atoms with van der Waals surface area (Å²) in [6, 6.07) is 15.2. The molecule has 4 aliphatic carbocycles. The second kappa shape index (κ2) is 9.45. The van der Waals surface area contributed by atoms with Crippen LogP contribution in [0.5, 0.6) is 5.75 Å². The summed E-state index contributed by atoms with van der Waals surface area (Å²) in [5, 5.41) is 1.01. The molecule has 0 aromatic heterocycles. The number of ether oxygens (including phenoxy) is 2. The van der Waals surface area contributed by atoms with Crippen LogP contribution in [0.25, 0.3) is 0 Å². The number of rotatable bonds is 5. The number of nitrogens with zero attached hydrogens (tertiary/aromatic N) is 1. The predicted molar refractivity (Wildman–Crippen MR) is 136 cm³/mol. The zero-order chi connectivity index (χ0) is 25.5. The number of hydrogen-bond donors (Lipinski definition) is 0. The van der Waals surface area contributed by atoms with E-state index in [9.17, 15) is 9.59 Å². The highest BCUT2D eigenvalue weighted by Crippen LogP contribution is 2.60. The molecule has 192 valence electrons. The van der Waals surface area contributed by atoms with E-state index in [1.807, 2.05) is 24.3 Å². The summed E-state index contributed by atoms with van der Waals surface area (Å²) in [5.41, 5.74) is 1.96. The van der Waals surface area contributed by atoms with Gasteiger partial charge in [-0.25, -0.2) is 9.59 Å². The van der Waals surface area contributed by atoms with Crippen molar-refractivity contribution in [2.75, 3.05) is 7.11 Å². The minimum atomic E-state index is -0.722. The van der Waals surface area contributed by atoms with Crippen LogP contribution in [-0.4, -0.2) is 29.8 Å². The number of carbonyl (C=O) groups excluding carboxylic acids is 2. The summed E-state index contributed by atoms with van der Waals surface area (Å²) in [6.45, 7) is 5.42. The SMILES string of the molecule is COc1ccc(CN(OC(=O)c2cccc(C34CC5CC(CC(C5)C3)C4)c2)C(=O)OC(C)(C)C)cc1. The van der Waals surface area contributed by atoms with Gasteiger partial charge in [0.25, 0.3) is 0 Å². The Balaban J connectivity index is 1.35. The van der Waals surface area contributed by atoms with Gasteiger partial charge in [0.15, 0.2) is 0 Å². The van der Waals surface area contributed by atoms with Crippen molar-refractivity contribution in [2.45, 2.75) is 76.9 Å². The van der Waals surface area contributed by atoms with Crippen molar-refractivity contribution in [2.24, 2.45) is 17.8 Å². The predicted octanol–water partition coefficient (Wildman–Crippen LogP) is 6.67. The standard InChI is InChI=1S/C30H37NO5/c1-29(2,3)35-28(33)31(19-20-8-10-26(34-4)11-9-20)36-27(32)24-6-5-7-25(15-24)30-16-21-12-22(17-30)14-23(13-21)18-30/h5-11,15,21-23H,12-14,16-19H2,1-4H3. The maximum atomic E-state index is 13.3. The molecule has 6 rings (SSSR count). The van der Waals surface area contributed by atoms with Crippen LogP contribution >= 0.6 is 0 Å². The van der Waals surface area contributed by atoms with Gasteiger partial charge in [-0.2, -0.15) is 0 Å². The number of carbonyl (C=O) groups is 2. The third kappa shape index (κ3) is 5.23. The van der Waals surface area contributed by atoms with Gasteiger partial charge >= 0.3 is 12.1 Å². The lowest BCUT2D eigenvalue weighted by atomic mass is 9.48. The van der Waals surface area contributed by atoms with Crippen LogP contribution in [0.2, 0.25) is 0 Å². The van der Waals surface area contributed by atoms with Crippen molar-refractivity contribution in [3.63, 3.8) is 0 Å². The number of hydrogen-bond acceptors (Lipinski definition) is 5. The molecule has 36 heavy (non-hydrogen) atoms. The average molecular weight is 492 g/mol. The molecular formula is C30H37NO5. The van der Waals surface area contributed by atoms with Gasteiger partial charge in [-0.3, -0.25) is 0 Å². The summed E-state index contributed by atoms with van der Waals surface area (Å²) >= 11 is 0. The van der Waals surface area contributed by atoms with E-state index in [1.165, 1.54) is 44.1 Å². The highest BCUT2D eigenvalue weighted by atomic mass is 16.8. The molecule has 0 atom stereocenters. The molecule has 2 aromatic rings. The van der Waals surface area contributed by atoms with E-state index in [-0.39, 0.29) is 12.0 Å². The second-order valence-electron chi connectivity index (χ2n) is 12.0. The normalized spacial score (nSPS) is 26.4. The van der Waals surface area contributed by atoms with Crippen LogP contribution in [0.15, 0.2) is 48.5 Å². The van der Waals surface area contributed by atoms with Crippen LogP contribution in [0.4, 0.5) is 4.79 Å². The molecule has 0 N–H and O–H groups in total. The van der Waals surface area contributed by atoms with Crippen LogP contribution in [0.1, 0.15) is 80.8 Å². The third-order valence-corrected chi connectivity index (χ3v) is 8.02. The van der Waals surface area contributed by atoms with Gasteiger partial charge in [0, 0.05) is 0 Å². The van der Waals surface area contributed by atoms with Gasteiger partial charge in [-0.05, 0) is 118 Å². The van der Waals surface area contributed by atoms with Crippen molar-refractivity contribution < 1.29 is 23.9 Å². The quantitative estimate of drug-likeness (QED) is 0.437. The van der Waals surface area contributed by atoms with Crippen molar-refractivity contribution >= 4 is 12.1 Å². The average Bonchev–Trinajstić information content (AvgIpc) is 2.82. The molecule has 6 nitrogen and oxygen atoms in total. The molecule has 0 heterocycles. The molecule has 0 unspecified atom stereocenters. The summed E-state index contributed by atoms with van der Waals surface area (Å²) in [4.78, 5) is 31.9.